The number of aliphatic carboxylic acids is 2. The second-order valence-corrected chi connectivity index (χ2v) is 11.0. The zero-order valence-corrected chi connectivity index (χ0v) is 26.6. The van der Waals surface area contributed by atoms with Gasteiger partial charge in [0.25, 0.3) is 12.9 Å². The first-order chi connectivity index (χ1) is 21.7. The third kappa shape index (κ3) is 16.5. The van der Waals surface area contributed by atoms with Gasteiger partial charge in [-0.15, -0.1) is 0 Å². The molecular formula is C29H46N6O9S. The number of nitrogens with one attached hydrogen (secondary N) is 2. The Hall–Kier alpha value is -3.41. The molecule has 1 aliphatic heterocycles. The van der Waals surface area contributed by atoms with Gasteiger partial charge in [-0.05, 0) is 42.8 Å². The van der Waals surface area contributed by atoms with Crippen LogP contribution in [0.3, 0.4) is 0 Å². The number of carbonyl (C=O) groups excluding carboxylic acids is 2. The van der Waals surface area contributed by atoms with Crippen molar-refractivity contribution in [3.05, 3.63) is 29.8 Å². The summed E-state index contributed by atoms with van der Waals surface area (Å²) in [5.41, 5.74) is 1.76. The molecule has 16 heteroatoms. The number of rotatable bonds is 18. The summed E-state index contributed by atoms with van der Waals surface area (Å²) in [6, 6.07) is 7.41. The fourth-order valence-electron chi connectivity index (χ4n) is 4.84. The summed E-state index contributed by atoms with van der Waals surface area (Å²) in [6.45, 7) is 6.69. The molecule has 45 heavy (non-hydrogen) atoms. The molecule has 2 rings (SSSR count). The SMILES string of the molecule is CCCOCCNC(=S)Nc1ccc(CC2CN(CC(=O)O)CCN(CC(=O)O)CCN(COC=O)CCN2COC=O)cc1. The van der Waals surface area contributed by atoms with Crippen molar-refractivity contribution in [1.82, 2.24) is 24.9 Å². The molecule has 1 atom stereocenters. The molecule has 1 aromatic carbocycles. The van der Waals surface area contributed by atoms with Crippen molar-refractivity contribution in [2.24, 2.45) is 0 Å². The lowest BCUT2D eigenvalue weighted by atomic mass is 10.0. The van der Waals surface area contributed by atoms with Crippen LogP contribution in [0.25, 0.3) is 0 Å². The van der Waals surface area contributed by atoms with Gasteiger partial charge in [-0.25, -0.2) is 0 Å². The molecule has 1 aliphatic rings. The van der Waals surface area contributed by atoms with Crippen LogP contribution in [0.2, 0.25) is 0 Å². The zero-order chi connectivity index (χ0) is 32.9. The Morgan fingerprint density at radius 1 is 0.889 bits per heavy atom. The van der Waals surface area contributed by atoms with E-state index in [2.05, 4.69) is 10.6 Å². The highest BCUT2D eigenvalue weighted by atomic mass is 32.1. The highest BCUT2D eigenvalue weighted by Crippen LogP contribution is 2.16. The minimum Gasteiger partial charge on any atom is -0.480 e. The second kappa shape index (κ2) is 22.2. The highest BCUT2D eigenvalue weighted by molar-refractivity contribution is 7.80. The lowest BCUT2D eigenvalue weighted by Crippen LogP contribution is -2.52. The molecule has 1 unspecified atom stereocenters. The van der Waals surface area contributed by atoms with E-state index in [1.807, 2.05) is 41.0 Å². The Bertz CT molecular complexity index is 1050. The second-order valence-electron chi connectivity index (χ2n) is 10.6. The largest absolute Gasteiger partial charge is 0.480 e. The van der Waals surface area contributed by atoms with Crippen LogP contribution in [0.1, 0.15) is 18.9 Å². The van der Waals surface area contributed by atoms with Gasteiger partial charge in [-0.3, -0.25) is 38.8 Å². The standard InChI is InChI=1S/C29H46N6O9S/c1-2-14-42-15-7-30-29(45)31-25-5-3-24(4-6-25)16-26-17-34(19-28(40)41)11-9-32(18-27(38)39)8-10-33(20-43-22-36)12-13-35(26)21-44-23-37/h3-6,22-23,26H,2,7-21H2,1H3,(H,38,39)(H,40,41)(H2,30,31,45). The third-order valence-electron chi connectivity index (χ3n) is 7.07. The number of anilines is 1. The van der Waals surface area contributed by atoms with Crippen LogP contribution in [0, 0.1) is 0 Å². The molecule has 1 fully saturated rings. The first kappa shape index (κ1) is 37.8. The van der Waals surface area contributed by atoms with Gasteiger partial charge in [0.2, 0.25) is 0 Å². The van der Waals surface area contributed by atoms with Gasteiger partial charge < -0.3 is 35.1 Å². The molecule has 0 aliphatic carbocycles. The van der Waals surface area contributed by atoms with Crippen LogP contribution in [0.4, 0.5) is 5.69 Å². The quantitative estimate of drug-likeness (QED) is 0.0943. The van der Waals surface area contributed by atoms with Crippen molar-refractivity contribution in [1.29, 1.82) is 0 Å². The average molecular weight is 655 g/mol. The summed E-state index contributed by atoms with van der Waals surface area (Å²) in [4.78, 5) is 52.7. The molecule has 15 nitrogen and oxygen atoms in total. The van der Waals surface area contributed by atoms with Gasteiger partial charge in [-0.1, -0.05) is 19.1 Å². The molecule has 0 radical (unpaired) electrons. The lowest BCUT2D eigenvalue weighted by Gasteiger charge is -2.37. The Kier molecular flexibility index (Phi) is 18.6. The fourth-order valence-corrected chi connectivity index (χ4v) is 5.06. The maximum atomic E-state index is 11.8. The number of ether oxygens (including phenoxy) is 3. The summed E-state index contributed by atoms with van der Waals surface area (Å²) < 4.78 is 15.6. The molecule has 1 heterocycles. The number of thiocarbonyl (C=S) groups is 1. The molecule has 0 saturated carbocycles. The maximum Gasteiger partial charge on any atom is 0.317 e. The molecule has 252 valence electrons. The van der Waals surface area contributed by atoms with Gasteiger partial charge in [0, 0.05) is 70.7 Å². The molecule has 0 bridgehead atoms. The van der Waals surface area contributed by atoms with Gasteiger partial charge >= 0.3 is 11.9 Å². The van der Waals surface area contributed by atoms with E-state index in [0.717, 1.165) is 17.7 Å². The zero-order valence-electron chi connectivity index (χ0n) is 25.8. The van der Waals surface area contributed by atoms with E-state index < -0.39 is 11.9 Å². The van der Waals surface area contributed by atoms with Crippen LogP contribution < -0.4 is 10.6 Å². The molecule has 1 aromatic rings. The number of hydrogen-bond donors (Lipinski definition) is 4. The van der Waals surface area contributed by atoms with Gasteiger partial charge in [0.1, 0.15) is 13.5 Å². The fraction of sp³-hybridized carbons (Fsp3) is 0.621. The van der Waals surface area contributed by atoms with E-state index in [-0.39, 0.29) is 32.6 Å². The molecule has 0 amide bonds. The van der Waals surface area contributed by atoms with E-state index in [4.69, 9.17) is 26.4 Å². The van der Waals surface area contributed by atoms with Crippen LogP contribution in [-0.2, 0) is 39.8 Å². The molecular weight excluding hydrogens is 608 g/mol. The topological polar surface area (TPSA) is 173 Å². The highest BCUT2D eigenvalue weighted by Gasteiger charge is 2.26. The van der Waals surface area contributed by atoms with Gasteiger partial charge in [0.05, 0.1) is 19.7 Å². The number of hydrogen-bond acceptors (Lipinski definition) is 12. The molecule has 0 spiro atoms. The summed E-state index contributed by atoms with van der Waals surface area (Å²) in [5.74, 6) is -2.00. The van der Waals surface area contributed by atoms with E-state index in [1.165, 1.54) is 0 Å². The molecule has 1 saturated heterocycles. The molecule has 0 aromatic heterocycles. The third-order valence-corrected chi connectivity index (χ3v) is 7.31. The lowest BCUT2D eigenvalue weighted by molar-refractivity contribution is -0.141. The van der Waals surface area contributed by atoms with Crippen LogP contribution in [-0.4, -0.2) is 158 Å². The van der Waals surface area contributed by atoms with Crippen LogP contribution in [0.15, 0.2) is 24.3 Å². The van der Waals surface area contributed by atoms with Crippen LogP contribution >= 0.6 is 12.2 Å². The Morgan fingerprint density at radius 3 is 2.13 bits per heavy atom. The van der Waals surface area contributed by atoms with E-state index in [9.17, 15) is 29.4 Å². The predicted molar refractivity (Wildman–Crippen MR) is 170 cm³/mol. The number of nitrogens with zero attached hydrogens (tertiary/aromatic N) is 4. The van der Waals surface area contributed by atoms with Crippen molar-refractivity contribution >= 4 is 47.9 Å². The Labute approximate surface area is 269 Å². The number of carboxylic acid groups (broad SMARTS) is 2. The van der Waals surface area contributed by atoms with Gasteiger partial charge in [-0.2, -0.15) is 0 Å². The van der Waals surface area contributed by atoms with Crippen molar-refractivity contribution in [3.63, 3.8) is 0 Å². The minimum atomic E-state index is -1.00. The van der Waals surface area contributed by atoms with Crippen molar-refractivity contribution < 1.29 is 43.6 Å². The van der Waals surface area contributed by atoms with E-state index in [0.29, 0.717) is 90.0 Å². The van der Waals surface area contributed by atoms with Crippen molar-refractivity contribution in [3.8, 4) is 0 Å². The first-order valence-corrected chi connectivity index (χ1v) is 15.3. The summed E-state index contributed by atoms with van der Waals surface area (Å²) >= 11 is 5.37. The average Bonchev–Trinajstić information content (AvgIpc) is 2.99. The maximum absolute atomic E-state index is 11.8. The minimum absolute atomic E-state index is 0.0134. The summed E-state index contributed by atoms with van der Waals surface area (Å²) in [7, 11) is 0. The monoisotopic (exact) mass is 654 g/mol. The number of carbonyl (C=O) groups is 4. The number of carboxylic acids is 2. The predicted octanol–water partition coefficient (Wildman–Crippen LogP) is -0.0375. The summed E-state index contributed by atoms with van der Waals surface area (Å²) in [5, 5.41) is 25.8. The normalized spacial score (nSPS) is 17.8. The first-order valence-electron chi connectivity index (χ1n) is 14.9. The summed E-state index contributed by atoms with van der Waals surface area (Å²) in [6.07, 6.45) is 1.45. The Morgan fingerprint density at radius 2 is 1.49 bits per heavy atom. The number of benzene rings is 1. The van der Waals surface area contributed by atoms with Crippen LogP contribution in [0.5, 0.6) is 0 Å². The van der Waals surface area contributed by atoms with E-state index in [1.54, 1.807) is 9.80 Å². The van der Waals surface area contributed by atoms with E-state index >= 15 is 0 Å². The Balaban J connectivity index is 2.24. The van der Waals surface area contributed by atoms with Crippen molar-refractivity contribution in [2.45, 2.75) is 25.8 Å². The van der Waals surface area contributed by atoms with Gasteiger partial charge in [0.15, 0.2) is 5.11 Å². The smallest absolute Gasteiger partial charge is 0.317 e. The molecule has 4 N–H and O–H groups in total. The van der Waals surface area contributed by atoms with Crippen molar-refractivity contribution in [2.75, 3.05) is 97.4 Å².